The second-order valence-electron chi connectivity index (χ2n) is 7.48. The highest BCUT2D eigenvalue weighted by Crippen LogP contribution is 2.13. The maximum Gasteiger partial charge on any atom is 0.0104 e. The largest absolute Gasteiger partial charge is 0.318 e. The molecule has 22 heavy (non-hydrogen) atoms. The summed E-state index contributed by atoms with van der Waals surface area (Å²) in [5.74, 6) is 0.892. The molecule has 0 unspecified atom stereocenters. The maximum absolute atomic E-state index is 3.21. The summed E-state index contributed by atoms with van der Waals surface area (Å²) in [6, 6.07) is 0. The molecule has 2 nitrogen and oxygen atoms in total. The first-order valence-electron chi connectivity index (χ1n) is 10.00. The normalized spacial score (nSPS) is 11.7. The van der Waals surface area contributed by atoms with Crippen molar-refractivity contribution in [2.24, 2.45) is 5.92 Å². The van der Waals surface area contributed by atoms with Crippen LogP contribution < -0.4 is 5.32 Å². The SMILES string of the molecule is CNCCN(C)CCCCCCCCCCCCCC(C)C. The molecule has 0 bridgehead atoms. The molecule has 0 saturated heterocycles. The highest BCUT2D eigenvalue weighted by atomic mass is 15.1. The van der Waals surface area contributed by atoms with Gasteiger partial charge in [-0.2, -0.15) is 0 Å². The van der Waals surface area contributed by atoms with Crippen molar-refractivity contribution >= 4 is 0 Å². The van der Waals surface area contributed by atoms with E-state index in [0.29, 0.717) is 0 Å². The van der Waals surface area contributed by atoms with E-state index in [1.165, 1.54) is 90.1 Å². The van der Waals surface area contributed by atoms with Crippen molar-refractivity contribution in [1.82, 2.24) is 10.2 Å². The maximum atomic E-state index is 3.21. The van der Waals surface area contributed by atoms with Crippen molar-refractivity contribution in [2.45, 2.75) is 90.9 Å². The second-order valence-corrected chi connectivity index (χ2v) is 7.48. The summed E-state index contributed by atoms with van der Waals surface area (Å²) in [4.78, 5) is 2.44. The molecule has 0 saturated carbocycles. The highest BCUT2D eigenvalue weighted by molar-refractivity contribution is 4.54. The first-order chi connectivity index (χ1) is 10.7. The summed E-state index contributed by atoms with van der Waals surface area (Å²) in [7, 11) is 4.26. The van der Waals surface area contributed by atoms with Crippen molar-refractivity contribution in [3.05, 3.63) is 0 Å². The summed E-state index contributed by atoms with van der Waals surface area (Å²) in [6.07, 6.45) is 17.3. The average Bonchev–Trinajstić information content (AvgIpc) is 2.49. The van der Waals surface area contributed by atoms with Crippen molar-refractivity contribution in [2.75, 3.05) is 33.7 Å². The minimum absolute atomic E-state index is 0.892. The lowest BCUT2D eigenvalue weighted by molar-refractivity contribution is 0.325. The van der Waals surface area contributed by atoms with Gasteiger partial charge in [0.1, 0.15) is 0 Å². The van der Waals surface area contributed by atoms with Crippen LogP contribution in [-0.4, -0.2) is 38.6 Å². The number of rotatable bonds is 17. The van der Waals surface area contributed by atoms with Crippen LogP contribution in [0.3, 0.4) is 0 Å². The molecule has 0 aliphatic heterocycles. The van der Waals surface area contributed by atoms with E-state index in [1.54, 1.807) is 0 Å². The minimum Gasteiger partial charge on any atom is -0.318 e. The standard InChI is InChI=1S/C20H44N2/c1-20(2)16-14-12-10-8-6-5-7-9-11-13-15-18-22(4)19-17-21-3/h20-21H,5-19H2,1-4H3. The van der Waals surface area contributed by atoms with Gasteiger partial charge >= 0.3 is 0 Å². The van der Waals surface area contributed by atoms with Crippen molar-refractivity contribution < 1.29 is 0 Å². The van der Waals surface area contributed by atoms with E-state index < -0.39 is 0 Å². The summed E-state index contributed by atoms with van der Waals surface area (Å²) in [5.41, 5.74) is 0. The fourth-order valence-electron chi connectivity index (χ4n) is 2.94. The molecule has 1 N–H and O–H groups in total. The third-order valence-electron chi connectivity index (χ3n) is 4.56. The van der Waals surface area contributed by atoms with Crippen molar-refractivity contribution in [3.63, 3.8) is 0 Å². The third kappa shape index (κ3) is 18.0. The second kappa shape index (κ2) is 17.3. The molecule has 2 heteroatoms. The lowest BCUT2D eigenvalue weighted by atomic mass is 10.0. The molecule has 0 atom stereocenters. The zero-order chi connectivity index (χ0) is 16.5. The van der Waals surface area contributed by atoms with Gasteiger partial charge in [-0.25, -0.2) is 0 Å². The van der Waals surface area contributed by atoms with Crippen LogP contribution >= 0.6 is 0 Å². The van der Waals surface area contributed by atoms with Crippen LogP contribution in [0.4, 0.5) is 0 Å². The molecule has 134 valence electrons. The molecule has 0 radical (unpaired) electrons. The predicted octanol–water partition coefficient (Wildman–Crippen LogP) is 5.47. The van der Waals surface area contributed by atoms with Gasteiger partial charge in [0.25, 0.3) is 0 Å². The fourth-order valence-corrected chi connectivity index (χ4v) is 2.94. The van der Waals surface area contributed by atoms with E-state index in [1.807, 2.05) is 7.05 Å². The Hall–Kier alpha value is -0.0800. The molecule has 0 aliphatic rings. The van der Waals surface area contributed by atoms with Gasteiger partial charge in [-0.05, 0) is 33.0 Å². The van der Waals surface area contributed by atoms with E-state index in [9.17, 15) is 0 Å². The number of unbranched alkanes of at least 4 members (excludes halogenated alkanes) is 10. The highest BCUT2D eigenvalue weighted by Gasteiger charge is 1.98. The van der Waals surface area contributed by atoms with Crippen LogP contribution in [0.5, 0.6) is 0 Å². The van der Waals surface area contributed by atoms with E-state index in [-0.39, 0.29) is 0 Å². The Bertz CT molecular complexity index is 204. The van der Waals surface area contributed by atoms with Crippen LogP contribution in [-0.2, 0) is 0 Å². The van der Waals surface area contributed by atoms with E-state index in [4.69, 9.17) is 0 Å². The zero-order valence-electron chi connectivity index (χ0n) is 16.1. The third-order valence-corrected chi connectivity index (χ3v) is 4.56. The van der Waals surface area contributed by atoms with Crippen molar-refractivity contribution in [3.8, 4) is 0 Å². The molecule has 0 spiro atoms. The van der Waals surface area contributed by atoms with Gasteiger partial charge in [0.05, 0.1) is 0 Å². The minimum atomic E-state index is 0.892. The van der Waals surface area contributed by atoms with E-state index >= 15 is 0 Å². The Morgan fingerprint density at radius 2 is 1.14 bits per heavy atom. The average molecular weight is 313 g/mol. The number of nitrogens with one attached hydrogen (secondary N) is 1. The van der Waals surface area contributed by atoms with Gasteiger partial charge in [-0.3, -0.25) is 0 Å². The van der Waals surface area contributed by atoms with Gasteiger partial charge in [0.2, 0.25) is 0 Å². The molecule has 0 aromatic rings. The Morgan fingerprint density at radius 3 is 1.59 bits per heavy atom. The quantitative estimate of drug-likeness (QED) is 0.358. The molecule has 0 aliphatic carbocycles. The van der Waals surface area contributed by atoms with Crippen LogP contribution in [0.1, 0.15) is 90.9 Å². The lowest BCUT2D eigenvalue weighted by Gasteiger charge is -2.15. The molecule has 0 amide bonds. The Morgan fingerprint density at radius 1 is 0.682 bits per heavy atom. The summed E-state index contributed by atoms with van der Waals surface area (Å²) >= 11 is 0. The predicted molar refractivity (Wildman–Crippen MR) is 102 cm³/mol. The molecule has 0 fully saturated rings. The van der Waals surface area contributed by atoms with Gasteiger partial charge in [0, 0.05) is 13.1 Å². The Kier molecular flexibility index (Phi) is 17.2. The molecule has 0 aromatic carbocycles. The first kappa shape index (κ1) is 21.9. The first-order valence-corrected chi connectivity index (χ1v) is 10.00. The molecule has 0 rings (SSSR count). The lowest BCUT2D eigenvalue weighted by Crippen LogP contribution is -2.28. The van der Waals surface area contributed by atoms with E-state index in [0.717, 1.165) is 12.5 Å². The summed E-state index contributed by atoms with van der Waals surface area (Å²) in [6.45, 7) is 8.21. The smallest absolute Gasteiger partial charge is 0.0104 e. The number of hydrogen-bond donors (Lipinski definition) is 1. The van der Waals surface area contributed by atoms with Crippen LogP contribution in [0.25, 0.3) is 0 Å². The van der Waals surface area contributed by atoms with Crippen molar-refractivity contribution in [1.29, 1.82) is 0 Å². The number of likely N-dealkylation sites (N-methyl/N-ethyl adjacent to an activating group) is 2. The van der Waals surface area contributed by atoms with Crippen LogP contribution in [0, 0.1) is 5.92 Å². The fraction of sp³-hybridized carbons (Fsp3) is 1.00. The number of hydrogen-bond acceptors (Lipinski definition) is 2. The van der Waals surface area contributed by atoms with Gasteiger partial charge in [-0.1, -0.05) is 84.5 Å². The van der Waals surface area contributed by atoms with Gasteiger partial charge in [-0.15, -0.1) is 0 Å². The summed E-state index contributed by atoms with van der Waals surface area (Å²) < 4.78 is 0. The topological polar surface area (TPSA) is 15.3 Å². The number of nitrogens with zero attached hydrogens (tertiary/aromatic N) is 1. The molecule has 0 heterocycles. The Labute approximate surface area is 141 Å². The monoisotopic (exact) mass is 312 g/mol. The Balaban J connectivity index is 3.05. The zero-order valence-corrected chi connectivity index (χ0v) is 16.1. The van der Waals surface area contributed by atoms with E-state index in [2.05, 4.69) is 31.1 Å². The molecular formula is C20H44N2. The molecule has 0 aromatic heterocycles. The van der Waals surface area contributed by atoms with Crippen LogP contribution in [0.2, 0.25) is 0 Å². The van der Waals surface area contributed by atoms with Gasteiger partial charge in [0.15, 0.2) is 0 Å². The summed E-state index contributed by atoms with van der Waals surface area (Å²) in [5, 5.41) is 3.21. The van der Waals surface area contributed by atoms with Crippen LogP contribution in [0.15, 0.2) is 0 Å². The molecular weight excluding hydrogens is 268 g/mol. The van der Waals surface area contributed by atoms with Gasteiger partial charge < -0.3 is 10.2 Å².